The standard InChI is InChI=1S/C18H24F3NO3/c1-2-3-4-5-6-9-12-25-16(23)13-22-17(24)14-10-7-8-11-15(14)18(19,20)21/h7-8,10-11H,2-6,9,12-13H2,1H3,(H,22,24). The van der Waals surface area contributed by atoms with Crippen LogP contribution < -0.4 is 5.32 Å². The van der Waals surface area contributed by atoms with E-state index < -0.39 is 35.7 Å². The Balaban J connectivity index is 2.34. The summed E-state index contributed by atoms with van der Waals surface area (Å²) in [7, 11) is 0. The average Bonchev–Trinajstić information content (AvgIpc) is 2.58. The van der Waals surface area contributed by atoms with Crippen LogP contribution in [0.4, 0.5) is 13.2 Å². The van der Waals surface area contributed by atoms with E-state index in [1.165, 1.54) is 18.6 Å². The molecule has 1 aromatic rings. The number of hydrogen-bond donors (Lipinski definition) is 1. The van der Waals surface area contributed by atoms with Gasteiger partial charge in [0.1, 0.15) is 6.54 Å². The minimum atomic E-state index is -4.63. The number of amides is 1. The highest BCUT2D eigenvalue weighted by Crippen LogP contribution is 2.31. The Kier molecular flexibility index (Phi) is 9.02. The predicted octanol–water partition coefficient (Wildman–Crippen LogP) is 4.34. The van der Waals surface area contributed by atoms with Gasteiger partial charge in [0, 0.05) is 0 Å². The molecule has 140 valence electrons. The molecule has 1 rings (SSSR count). The molecular formula is C18H24F3NO3. The summed E-state index contributed by atoms with van der Waals surface area (Å²) in [4.78, 5) is 23.4. The Morgan fingerprint density at radius 2 is 1.68 bits per heavy atom. The number of halogens is 3. The van der Waals surface area contributed by atoms with Crippen molar-refractivity contribution in [1.82, 2.24) is 5.32 Å². The second-order valence-corrected chi connectivity index (χ2v) is 5.71. The van der Waals surface area contributed by atoms with Gasteiger partial charge in [-0.05, 0) is 18.6 Å². The van der Waals surface area contributed by atoms with Crippen molar-refractivity contribution >= 4 is 11.9 Å². The summed E-state index contributed by atoms with van der Waals surface area (Å²) in [6.07, 6.45) is 1.64. The number of rotatable bonds is 10. The lowest BCUT2D eigenvalue weighted by Gasteiger charge is -2.12. The number of benzene rings is 1. The van der Waals surface area contributed by atoms with E-state index >= 15 is 0 Å². The Bertz CT molecular complexity index is 559. The molecule has 0 spiro atoms. The van der Waals surface area contributed by atoms with Gasteiger partial charge in [-0.2, -0.15) is 13.2 Å². The summed E-state index contributed by atoms with van der Waals surface area (Å²) >= 11 is 0. The van der Waals surface area contributed by atoms with E-state index in [1.54, 1.807) is 0 Å². The van der Waals surface area contributed by atoms with Gasteiger partial charge in [0.25, 0.3) is 5.91 Å². The van der Waals surface area contributed by atoms with E-state index in [1.807, 2.05) is 0 Å². The van der Waals surface area contributed by atoms with E-state index in [4.69, 9.17) is 4.74 Å². The average molecular weight is 359 g/mol. The lowest BCUT2D eigenvalue weighted by Crippen LogP contribution is -2.32. The first-order chi connectivity index (χ1) is 11.9. The lowest BCUT2D eigenvalue weighted by atomic mass is 10.1. The van der Waals surface area contributed by atoms with Gasteiger partial charge >= 0.3 is 12.1 Å². The molecular weight excluding hydrogens is 335 g/mol. The molecule has 0 aliphatic carbocycles. The fraction of sp³-hybridized carbons (Fsp3) is 0.556. The number of carbonyl (C=O) groups excluding carboxylic acids is 2. The molecule has 0 bridgehead atoms. The third kappa shape index (κ3) is 8.05. The number of ether oxygens (including phenoxy) is 1. The van der Waals surface area contributed by atoms with Crippen LogP contribution in [-0.2, 0) is 15.7 Å². The van der Waals surface area contributed by atoms with Crippen molar-refractivity contribution in [3.63, 3.8) is 0 Å². The van der Waals surface area contributed by atoms with Crippen LogP contribution in [0.1, 0.15) is 61.4 Å². The quantitative estimate of drug-likeness (QED) is 0.499. The molecule has 0 saturated heterocycles. The molecule has 0 unspecified atom stereocenters. The van der Waals surface area contributed by atoms with Crippen LogP contribution in [-0.4, -0.2) is 25.0 Å². The predicted molar refractivity (Wildman–Crippen MR) is 88.1 cm³/mol. The summed E-state index contributed by atoms with van der Waals surface area (Å²) in [6.45, 7) is 1.92. The molecule has 0 aliphatic heterocycles. The topological polar surface area (TPSA) is 55.4 Å². The summed E-state index contributed by atoms with van der Waals surface area (Å²) in [6, 6.07) is 4.43. The van der Waals surface area contributed by atoms with Gasteiger partial charge in [0.15, 0.2) is 0 Å². The van der Waals surface area contributed by atoms with Crippen LogP contribution in [0.25, 0.3) is 0 Å². The van der Waals surface area contributed by atoms with Gasteiger partial charge in [-0.3, -0.25) is 9.59 Å². The Labute approximate surface area is 145 Å². The Morgan fingerprint density at radius 1 is 1.04 bits per heavy atom. The maximum absolute atomic E-state index is 12.9. The van der Waals surface area contributed by atoms with E-state index in [0.717, 1.165) is 44.2 Å². The van der Waals surface area contributed by atoms with Crippen LogP contribution in [0, 0.1) is 0 Å². The maximum atomic E-state index is 12.9. The van der Waals surface area contributed by atoms with E-state index in [2.05, 4.69) is 12.2 Å². The van der Waals surface area contributed by atoms with Gasteiger partial charge < -0.3 is 10.1 Å². The zero-order chi connectivity index (χ0) is 18.7. The molecule has 1 aromatic carbocycles. The van der Waals surface area contributed by atoms with E-state index in [0.29, 0.717) is 0 Å². The zero-order valence-corrected chi connectivity index (χ0v) is 14.3. The van der Waals surface area contributed by atoms with Crippen LogP contribution in [0.2, 0.25) is 0 Å². The molecule has 1 amide bonds. The van der Waals surface area contributed by atoms with E-state index in [-0.39, 0.29) is 6.61 Å². The van der Waals surface area contributed by atoms with Gasteiger partial charge in [-0.15, -0.1) is 0 Å². The van der Waals surface area contributed by atoms with Gasteiger partial charge in [0.05, 0.1) is 17.7 Å². The third-order valence-corrected chi connectivity index (χ3v) is 3.63. The smallest absolute Gasteiger partial charge is 0.417 e. The number of hydrogen-bond acceptors (Lipinski definition) is 3. The molecule has 0 radical (unpaired) electrons. The number of carbonyl (C=O) groups is 2. The zero-order valence-electron chi connectivity index (χ0n) is 14.3. The number of esters is 1. The molecule has 0 atom stereocenters. The number of nitrogens with one attached hydrogen (secondary N) is 1. The molecule has 0 aromatic heterocycles. The second kappa shape index (κ2) is 10.7. The van der Waals surface area contributed by atoms with Gasteiger partial charge in [-0.25, -0.2) is 0 Å². The first kappa shape index (κ1) is 21.0. The largest absolute Gasteiger partial charge is 0.464 e. The van der Waals surface area contributed by atoms with Crippen molar-refractivity contribution < 1.29 is 27.5 Å². The fourth-order valence-corrected chi connectivity index (χ4v) is 2.30. The Morgan fingerprint density at radius 3 is 2.36 bits per heavy atom. The lowest BCUT2D eigenvalue weighted by molar-refractivity contribution is -0.142. The van der Waals surface area contributed by atoms with Crippen molar-refractivity contribution in [1.29, 1.82) is 0 Å². The molecule has 0 aliphatic rings. The summed E-state index contributed by atoms with van der Waals surface area (Å²) in [5.74, 6) is -1.61. The molecule has 7 heteroatoms. The minimum absolute atomic E-state index is 0.250. The van der Waals surface area contributed by atoms with Crippen molar-refractivity contribution in [3.05, 3.63) is 35.4 Å². The molecule has 4 nitrogen and oxygen atoms in total. The molecule has 0 saturated carbocycles. The second-order valence-electron chi connectivity index (χ2n) is 5.71. The van der Waals surface area contributed by atoms with Crippen molar-refractivity contribution in [2.45, 2.75) is 51.6 Å². The van der Waals surface area contributed by atoms with Crippen molar-refractivity contribution in [2.75, 3.05) is 13.2 Å². The van der Waals surface area contributed by atoms with Crippen LogP contribution in [0.5, 0.6) is 0 Å². The first-order valence-electron chi connectivity index (χ1n) is 8.46. The molecule has 0 heterocycles. The molecule has 1 N–H and O–H groups in total. The fourth-order valence-electron chi connectivity index (χ4n) is 2.30. The normalized spacial score (nSPS) is 11.2. The first-order valence-corrected chi connectivity index (χ1v) is 8.46. The summed E-state index contributed by atoms with van der Waals surface area (Å²) in [5.41, 5.74) is -1.55. The summed E-state index contributed by atoms with van der Waals surface area (Å²) < 4.78 is 43.5. The molecule has 0 fully saturated rings. The van der Waals surface area contributed by atoms with Crippen molar-refractivity contribution in [2.24, 2.45) is 0 Å². The monoisotopic (exact) mass is 359 g/mol. The van der Waals surface area contributed by atoms with Crippen LogP contribution in [0.3, 0.4) is 0 Å². The number of alkyl halides is 3. The van der Waals surface area contributed by atoms with Crippen LogP contribution in [0.15, 0.2) is 24.3 Å². The van der Waals surface area contributed by atoms with Crippen molar-refractivity contribution in [3.8, 4) is 0 Å². The highest BCUT2D eigenvalue weighted by molar-refractivity contribution is 5.97. The SMILES string of the molecule is CCCCCCCCOC(=O)CNC(=O)c1ccccc1C(F)(F)F. The number of unbranched alkanes of at least 4 members (excludes halogenated alkanes) is 5. The maximum Gasteiger partial charge on any atom is 0.417 e. The minimum Gasteiger partial charge on any atom is -0.464 e. The highest BCUT2D eigenvalue weighted by atomic mass is 19.4. The summed E-state index contributed by atoms with van der Waals surface area (Å²) in [5, 5.41) is 2.17. The van der Waals surface area contributed by atoms with E-state index in [9.17, 15) is 22.8 Å². The Hall–Kier alpha value is -2.05. The van der Waals surface area contributed by atoms with Crippen LogP contribution >= 0.6 is 0 Å². The third-order valence-electron chi connectivity index (χ3n) is 3.63. The highest BCUT2D eigenvalue weighted by Gasteiger charge is 2.34. The van der Waals surface area contributed by atoms with Gasteiger partial charge in [0.2, 0.25) is 0 Å². The molecule has 25 heavy (non-hydrogen) atoms. The van der Waals surface area contributed by atoms with Gasteiger partial charge in [-0.1, -0.05) is 51.2 Å².